The summed E-state index contributed by atoms with van der Waals surface area (Å²) in [5.74, 6) is 0. The largest absolute Gasteiger partial charge is 0 e. The molecule has 0 N–H and O–H groups in total. The van der Waals surface area contributed by atoms with Crippen LogP contribution in [0.3, 0.4) is 0 Å². The van der Waals surface area contributed by atoms with Gasteiger partial charge in [-0.3, -0.25) is 0 Å². The summed E-state index contributed by atoms with van der Waals surface area (Å²) in [5.41, 5.74) is 2.35. The molecule has 2 rings (SSSR count). The Morgan fingerprint density at radius 3 is 1.44 bits per heavy atom. The van der Waals surface area contributed by atoms with Crippen LogP contribution in [0.2, 0.25) is 9.63 Å². The Balaban J connectivity index is 0.00000512. The van der Waals surface area contributed by atoms with Gasteiger partial charge in [0, 0.05) is 18.9 Å². The molecule has 0 aliphatic heterocycles. The van der Waals surface area contributed by atoms with Crippen LogP contribution in [0.25, 0.3) is 0 Å². The van der Waals surface area contributed by atoms with Crippen molar-refractivity contribution in [3.8, 4) is 0 Å². The zero-order chi connectivity index (χ0) is 22.0. The van der Waals surface area contributed by atoms with Crippen molar-refractivity contribution >= 4 is 18.9 Å². The van der Waals surface area contributed by atoms with Gasteiger partial charge in [0.2, 0.25) is 0 Å². The van der Waals surface area contributed by atoms with Crippen LogP contribution in [-0.2, 0) is 47.1 Å². The molecule has 0 spiro atoms. The van der Waals surface area contributed by atoms with Gasteiger partial charge in [0.15, 0.2) is 0 Å². The molecule has 0 aromatic heterocycles. The Labute approximate surface area is 213 Å². The van der Waals surface area contributed by atoms with Gasteiger partial charge in [-0.25, -0.2) is 0 Å². The van der Waals surface area contributed by atoms with Crippen LogP contribution in [0, 0.1) is 0 Å². The summed E-state index contributed by atoms with van der Waals surface area (Å²) in [6.45, 7) is 8.04. The third-order valence-corrected chi connectivity index (χ3v) is 6.25. The maximum atomic E-state index is 5.59. The van der Waals surface area contributed by atoms with Crippen LogP contribution in [0.15, 0.2) is 60.7 Å². The molecule has 0 fully saturated rings. The van der Waals surface area contributed by atoms with Crippen molar-refractivity contribution in [2.45, 2.75) is 62.4 Å². The van der Waals surface area contributed by atoms with E-state index in [0.29, 0.717) is 36.4 Å². The topological polar surface area (TPSA) is 36.9 Å². The fourth-order valence-corrected chi connectivity index (χ4v) is 4.61. The monoisotopic (exact) mass is 484 g/mol. The molecule has 32 heavy (non-hydrogen) atoms. The molecule has 2 aromatic carbocycles. The van der Waals surface area contributed by atoms with E-state index in [1.807, 2.05) is 36.4 Å². The van der Waals surface area contributed by atoms with E-state index in [-0.39, 0.29) is 18.9 Å². The average molecular weight is 485 g/mol. The predicted molar refractivity (Wildman–Crippen MR) is 127 cm³/mol. The van der Waals surface area contributed by atoms with E-state index < -0.39 is 0 Å². The van der Waals surface area contributed by atoms with E-state index in [1.54, 1.807) is 0 Å². The third kappa shape index (κ3) is 15.3. The molecule has 0 bridgehead atoms. The fourth-order valence-electron chi connectivity index (χ4n) is 3.00. The molecule has 2 aromatic rings. The van der Waals surface area contributed by atoms with E-state index in [1.165, 1.54) is 11.1 Å². The van der Waals surface area contributed by atoms with Crippen LogP contribution in [-0.4, -0.2) is 45.7 Å². The Hall–Kier alpha value is -0.603. The summed E-state index contributed by atoms with van der Waals surface area (Å²) < 4.78 is 22.3. The summed E-state index contributed by atoms with van der Waals surface area (Å²) in [7, 11) is 0. The Bertz CT molecular complexity index is 602. The second-order valence-electron chi connectivity index (χ2n) is 7.52. The minimum atomic E-state index is 0. The molecule has 0 heterocycles. The Kier molecular flexibility index (Phi) is 18.2. The molecule has 1 radical (unpaired) electrons. The van der Waals surface area contributed by atoms with Gasteiger partial charge < -0.3 is 0 Å². The second kappa shape index (κ2) is 19.8. The quantitative estimate of drug-likeness (QED) is 0.142. The molecule has 0 saturated heterocycles. The number of ether oxygens (including phenoxy) is 4. The van der Waals surface area contributed by atoms with Crippen molar-refractivity contribution in [2.75, 3.05) is 26.8 Å². The summed E-state index contributed by atoms with van der Waals surface area (Å²) in [5, 5.41) is 0. The Morgan fingerprint density at radius 1 is 0.625 bits per heavy atom. The van der Waals surface area contributed by atoms with E-state index in [4.69, 9.17) is 18.9 Å². The molecule has 0 aliphatic rings. The van der Waals surface area contributed by atoms with Gasteiger partial charge >= 0.3 is 195 Å². The zero-order valence-electron chi connectivity index (χ0n) is 19.9. The van der Waals surface area contributed by atoms with Crippen molar-refractivity contribution in [3.05, 3.63) is 71.8 Å². The molecule has 0 aliphatic carbocycles. The van der Waals surface area contributed by atoms with Crippen molar-refractivity contribution < 1.29 is 33.9 Å². The molecular weight excluding hydrogens is 447 g/mol. The van der Waals surface area contributed by atoms with Crippen LogP contribution in [0.4, 0.5) is 0 Å². The molecule has 6 heteroatoms. The van der Waals surface area contributed by atoms with Gasteiger partial charge in [-0.05, 0) is 0 Å². The first-order chi connectivity index (χ1) is 15.2. The number of rotatable bonds is 18. The van der Waals surface area contributed by atoms with E-state index >= 15 is 0 Å². The van der Waals surface area contributed by atoms with E-state index in [9.17, 15) is 0 Å². The van der Waals surface area contributed by atoms with E-state index in [0.717, 1.165) is 38.9 Å². The smallest absolute Gasteiger partial charge is 0 e. The van der Waals surface area contributed by atoms with Crippen molar-refractivity contribution in [1.82, 2.24) is 0 Å². The molecule has 2 atom stereocenters. The van der Waals surface area contributed by atoms with Crippen LogP contribution >= 0.6 is 0 Å². The molecular formula is C26H38CuLiO4. The normalized spacial score (nSPS) is 12.9. The summed E-state index contributed by atoms with van der Waals surface area (Å²) in [6.07, 6.45) is 4.45. The Morgan fingerprint density at radius 2 is 1.03 bits per heavy atom. The van der Waals surface area contributed by atoms with Gasteiger partial charge in [0.1, 0.15) is 0 Å². The van der Waals surface area contributed by atoms with Gasteiger partial charge in [-0.15, -0.1) is 0 Å². The minimum Gasteiger partial charge on any atom is 0 e. The van der Waals surface area contributed by atoms with Crippen molar-refractivity contribution in [2.24, 2.45) is 0 Å². The number of hydrogen-bond donors (Lipinski definition) is 0. The standard InChI is InChI=1S/2C13H19O2.Cu.Li/c2*1-2-3-7-10-14-12-15-11-13-8-5-4-6-9-13;;/h2*2,4-6,8-9H,3,7,10-12H2,1H3;;. The fraction of sp³-hybridized carbons (Fsp3) is 0.538. The first-order valence-electron chi connectivity index (χ1n) is 11.2. The minimum absolute atomic E-state index is 0. The zero-order valence-corrected chi connectivity index (χ0v) is 20.9. The molecule has 178 valence electrons. The molecule has 2 unspecified atom stereocenters. The average Bonchev–Trinajstić information content (AvgIpc) is 2.79. The van der Waals surface area contributed by atoms with Crippen LogP contribution in [0.5, 0.6) is 0 Å². The SMILES string of the molecule is C[CH](CCCOCOCc1ccccc1)[Cu][CH](C)CCCOCOCc1ccccc1.[Li]. The summed E-state index contributed by atoms with van der Waals surface area (Å²) in [6, 6.07) is 20.4. The third-order valence-electron chi connectivity index (χ3n) is 4.64. The number of hydrogen-bond acceptors (Lipinski definition) is 4. The first kappa shape index (κ1) is 29.4. The van der Waals surface area contributed by atoms with Crippen LogP contribution < -0.4 is 0 Å². The van der Waals surface area contributed by atoms with Crippen molar-refractivity contribution in [3.63, 3.8) is 0 Å². The van der Waals surface area contributed by atoms with Gasteiger partial charge in [-0.2, -0.15) is 0 Å². The summed E-state index contributed by atoms with van der Waals surface area (Å²) >= 11 is 2.16. The number of benzene rings is 2. The van der Waals surface area contributed by atoms with Gasteiger partial charge in [0.25, 0.3) is 0 Å². The van der Waals surface area contributed by atoms with Gasteiger partial charge in [-0.1, -0.05) is 0 Å². The van der Waals surface area contributed by atoms with E-state index in [2.05, 4.69) is 53.1 Å². The molecule has 0 amide bonds. The van der Waals surface area contributed by atoms with Gasteiger partial charge in [0.05, 0.1) is 0 Å². The maximum absolute atomic E-state index is 5.59. The second-order valence-corrected chi connectivity index (χ2v) is 9.69. The summed E-state index contributed by atoms with van der Waals surface area (Å²) in [4.78, 5) is 1.26. The molecule has 4 nitrogen and oxygen atoms in total. The van der Waals surface area contributed by atoms with Crippen LogP contribution in [0.1, 0.15) is 50.7 Å². The maximum Gasteiger partial charge on any atom is 0 e. The molecule has 0 saturated carbocycles. The predicted octanol–water partition coefficient (Wildman–Crippen LogP) is 6.25. The first-order valence-corrected chi connectivity index (χ1v) is 12.2. The van der Waals surface area contributed by atoms with Crippen molar-refractivity contribution in [1.29, 1.82) is 0 Å².